The molecule has 10 rings (SSSR count). The molecule has 5 heterocycles. The average Bonchev–Trinajstić information content (AvgIpc) is 3.93. The molecular formula is C40H18F6S5. The highest BCUT2D eigenvalue weighted by Crippen LogP contribution is 2.47. The minimum atomic E-state index is -4.36. The summed E-state index contributed by atoms with van der Waals surface area (Å²) >= 11 is 6.40. The Labute approximate surface area is 305 Å². The molecule has 0 fully saturated rings. The summed E-state index contributed by atoms with van der Waals surface area (Å²) in [6.45, 7) is 0. The van der Waals surface area contributed by atoms with Gasteiger partial charge in [0.2, 0.25) is 0 Å². The van der Waals surface area contributed by atoms with Gasteiger partial charge in [0.1, 0.15) is 9.75 Å². The third-order valence-electron chi connectivity index (χ3n) is 9.17. The molecule has 0 saturated heterocycles. The van der Waals surface area contributed by atoms with E-state index in [2.05, 4.69) is 60.7 Å². The van der Waals surface area contributed by atoms with E-state index in [1.54, 1.807) is 46.1 Å². The lowest BCUT2D eigenvalue weighted by Crippen LogP contribution is -2.00. The molecule has 0 bridgehead atoms. The largest absolute Gasteiger partial charge is 0.425 e. The van der Waals surface area contributed by atoms with Crippen LogP contribution in [0.25, 0.3) is 92.5 Å². The van der Waals surface area contributed by atoms with Gasteiger partial charge in [-0.05, 0) is 118 Å². The van der Waals surface area contributed by atoms with Crippen LogP contribution in [-0.2, 0) is 12.4 Å². The minimum absolute atomic E-state index is 0.578. The summed E-state index contributed by atoms with van der Waals surface area (Å²) in [6.07, 6.45) is -8.72. The van der Waals surface area contributed by atoms with Crippen molar-refractivity contribution in [1.82, 2.24) is 0 Å². The Balaban J connectivity index is 0.969. The van der Waals surface area contributed by atoms with Gasteiger partial charge in [0.25, 0.3) is 0 Å². The Bertz CT molecular complexity index is 3020. The zero-order valence-electron chi connectivity index (χ0n) is 25.7. The SMILES string of the molecule is FC(F)(F)c1cc2c(ccc3sc(-c4ccc5cc6cc(-c7ccc(-c8cc9c(ccc%10sc(C(F)(F)F)cc%109)s8)s7)ccc6cc5c4)cc32)s1. The molecule has 0 radical (unpaired) electrons. The summed E-state index contributed by atoms with van der Waals surface area (Å²) in [4.78, 5) is 3.05. The van der Waals surface area contributed by atoms with Gasteiger partial charge < -0.3 is 0 Å². The molecule has 250 valence electrons. The van der Waals surface area contributed by atoms with Crippen LogP contribution in [-0.4, -0.2) is 0 Å². The fraction of sp³-hybridized carbons (Fsp3) is 0.0500. The Morgan fingerprint density at radius 1 is 0.314 bits per heavy atom. The van der Waals surface area contributed by atoms with E-state index in [0.717, 1.165) is 95.0 Å². The maximum atomic E-state index is 13.4. The highest BCUT2D eigenvalue weighted by molar-refractivity contribution is 7.27. The van der Waals surface area contributed by atoms with Crippen molar-refractivity contribution in [3.05, 3.63) is 119 Å². The quantitative estimate of drug-likeness (QED) is 0.124. The predicted octanol–water partition coefficient (Wildman–Crippen LogP) is 16.0. The number of hydrogen-bond acceptors (Lipinski definition) is 5. The van der Waals surface area contributed by atoms with Crippen LogP contribution in [0.15, 0.2) is 109 Å². The number of thiophene rings is 5. The van der Waals surface area contributed by atoms with Crippen LogP contribution >= 0.6 is 56.7 Å². The Morgan fingerprint density at radius 3 is 1.27 bits per heavy atom. The molecule has 0 aliphatic rings. The van der Waals surface area contributed by atoms with Crippen molar-refractivity contribution >= 4 is 119 Å². The number of fused-ring (bicyclic) bond motifs is 8. The van der Waals surface area contributed by atoms with Crippen LogP contribution in [0.5, 0.6) is 0 Å². The summed E-state index contributed by atoms with van der Waals surface area (Å²) in [5, 5.41) is 7.34. The van der Waals surface area contributed by atoms with Crippen LogP contribution in [0.4, 0.5) is 26.3 Å². The summed E-state index contributed by atoms with van der Waals surface area (Å²) < 4.78 is 83.7. The second-order valence-corrected chi connectivity index (χ2v) is 17.8. The highest BCUT2D eigenvalue weighted by atomic mass is 32.1. The summed E-state index contributed by atoms with van der Waals surface area (Å²) in [5.41, 5.74) is 2.11. The van der Waals surface area contributed by atoms with Gasteiger partial charge in [-0.3, -0.25) is 0 Å². The molecule has 0 amide bonds. The van der Waals surface area contributed by atoms with Crippen molar-refractivity contribution in [2.45, 2.75) is 12.4 Å². The second kappa shape index (κ2) is 11.1. The number of halogens is 6. The number of alkyl halides is 6. The number of benzene rings is 5. The lowest BCUT2D eigenvalue weighted by atomic mass is 9.99. The van der Waals surface area contributed by atoms with Crippen LogP contribution < -0.4 is 0 Å². The zero-order chi connectivity index (χ0) is 34.8. The average molecular weight is 773 g/mol. The van der Waals surface area contributed by atoms with Gasteiger partial charge in [-0.25, -0.2) is 0 Å². The van der Waals surface area contributed by atoms with Gasteiger partial charge >= 0.3 is 12.4 Å². The molecule has 51 heavy (non-hydrogen) atoms. The highest BCUT2D eigenvalue weighted by Gasteiger charge is 2.34. The van der Waals surface area contributed by atoms with Gasteiger partial charge in [-0.1, -0.05) is 24.3 Å². The van der Waals surface area contributed by atoms with Gasteiger partial charge in [-0.2, -0.15) is 26.3 Å². The third-order valence-corrected chi connectivity index (χ3v) is 15.0. The van der Waals surface area contributed by atoms with E-state index in [4.69, 9.17) is 0 Å². The van der Waals surface area contributed by atoms with Crippen molar-refractivity contribution in [2.75, 3.05) is 0 Å². The standard InChI is InChI=1S/C40H18F6S5/c41-39(42,43)37-17-27-25-15-35(48-30(25)6-8-32(27)50-37)22-4-2-20-11-23-13-21(3-1-19(23)12-24(20)14-22)29-5-10-34(47-29)36-16-26-28-18-38(40(44,45)46)51-33(28)9-7-31(26)49-36/h1-18H. The first kappa shape index (κ1) is 31.5. The van der Waals surface area contributed by atoms with E-state index in [-0.39, 0.29) is 0 Å². The van der Waals surface area contributed by atoms with Crippen molar-refractivity contribution < 1.29 is 26.3 Å². The van der Waals surface area contributed by atoms with E-state index < -0.39 is 22.1 Å². The molecule has 0 N–H and O–H groups in total. The first-order chi connectivity index (χ1) is 24.4. The number of rotatable bonds is 3. The molecule has 0 atom stereocenters. The Kier molecular flexibility index (Phi) is 6.86. The molecule has 5 aromatic heterocycles. The van der Waals surface area contributed by atoms with Gasteiger partial charge in [0.05, 0.1) is 0 Å². The fourth-order valence-electron chi connectivity index (χ4n) is 6.73. The summed E-state index contributed by atoms with van der Waals surface area (Å²) in [7, 11) is 0. The third kappa shape index (κ3) is 5.28. The van der Waals surface area contributed by atoms with Gasteiger partial charge in [-0.15, -0.1) is 56.7 Å². The molecule has 11 heteroatoms. The first-order valence-corrected chi connectivity index (χ1v) is 19.7. The smallest absolute Gasteiger partial charge is 0.165 e. The lowest BCUT2D eigenvalue weighted by Gasteiger charge is -2.07. The van der Waals surface area contributed by atoms with Crippen molar-refractivity contribution in [1.29, 1.82) is 0 Å². The van der Waals surface area contributed by atoms with E-state index in [1.165, 1.54) is 12.1 Å². The molecule has 0 aliphatic heterocycles. The van der Waals surface area contributed by atoms with E-state index in [0.29, 0.717) is 20.2 Å². The predicted molar refractivity (Wildman–Crippen MR) is 207 cm³/mol. The van der Waals surface area contributed by atoms with Gasteiger partial charge in [0.15, 0.2) is 0 Å². The molecule has 0 unspecified atom stereocenters. The Morgan fingerprint density at radius 2 is 0.745 bits per heavy atom. The van der Waals surface area contributed by atoms with Crippen molar-refractivity contribution in [3.8, 4) is 30.6 Å². The second-order valence-electron chi connectivity index (χ2n) is 12.4. The fourth-order valence-corrected chi connectivity index (χ4v) is 11.9. The summed E-state index contributed by atoms with van der Waals surface area (Å²) in [5.74, 6) is 0. The van der Waals surface area contributed by atoms with Crippen molar-refractivity contribution in [3.63, 3.8) is 0 Å². The topological polar surface area (TPSA) is 0 Å². The van der Waals surface area contributed by atoms with E-state index >= 15 is 0 Å². The zero-order valence-corrected chi connectivity index (χ0v) is 29.8. The molecule has 10 aromatic rings. The maximum absolute atomic E-state index is 13.4. The van der Waals surface area contributed by atoms with Crippen molar-refractivity contribution in [2.24, 2.45) is 0 Å². The lowest BCUT2D eigenvalue weighted by molar-refractivity contribution is -0.135. The molecular weight excluding hydrogens is 755 g/mol. The number of hydrogen-bond donors (Lipinski definition) is 0. The molecule has 0 saturated carbocycles. The summed E-state index contributed by atoms with van der Waals surface area (Å²) in [6, 6.07) is 35.2. The maximum Gasteiger partial charge on any atom is 0.425 e. The normalized spacial score (nSPS) is 12.9. The van der Waals surface area contributed by atoms with Gasteiger partial charge in [0, 0.05) is 59.9 Å². The first-order valence-electron chi connectivity index (χ1n) is 15.6. The van der Waals surface area contributed by atoms with Crippen LogP contribution in [0, 0.1) is 0 Å². The monoisotopic (exact) mass is 772 g/mol. The van der Waals surface area contributed by atoms with E-state index in [9.17, 15) is 26.3 Å². The van der Waals surface area contributed by atoms with E-state index in [1.807, 2.05) is 24.3 Å². The molecule has 5 aromatic carbocycles. The minimum Gasteiger partial charge on any atom is -0.165 e. The Hall–Kier alpha value is -4.26. The van der Waals surface area contributed by atoms with Crippen LogP contribution in [0.3, 0.4) is 0 Å². The molecule has 0 nitrogen and oxygen atoms in total. The van der Waals surface area contributed by atoms with Crippen LogP contribution in [0.2, 0.25) is 0 Å². The molecule has 0 spiro atoms. The molecule has 0 aliphatic carbocycles. The van der Waals surface area contributed by atoms with Crippen LogP contribution in [0.1, 0.15) is 9.75 Å².